The van der Waals surface area contributed by atoms with Gasteiger partial charge in [0.05, 0.1) is 6.42 Å². The van der Waals surface area contributed by atoms with Crippen molar-refractivity contribution in [1.29, 1.82) is 0 Å². The fraction of sp³-hybridized carbons (Fsp3) is 0.500. The first kappa shape index (κ1) is 21.4. The van der Waals surface area contributed by atoms with Crippen LogP contribution in [0.1, 0.15) is 55.2 Å². The highest BCUT2D eigenvalue weighted by atomic mass is 35.5. The van der Waals surface area contributed by atoms with Crippen molar-refractivity contribution in [1.82, 2.24) is 9.80 Å². The summed E-state index contributed by atoms with van der Waals surface area (Å²) in [7, 11) is 0. The Balaban J connectivity index is 1.45. The summed E-state index contributed by atoms with van der Waals surface area (Å²) in [5, 5.41) is 0.710. The number of piperidine rings is 1. The molecule has 1 aliphatic heterocycles. The maximum absolute atomic E-state index is 13.4. The van der Waals surface area contributed by atoms with Crippen molar-refractivity contribution in [3.05, 3.63) is 70.2 Å². The molecule has 1 amide bonds. The van der Waals surface area contributed by atoms with E-state index >= 15 is 0 Å². The van der Waals surface area contributed by atoms with Crippen LogP contribution >= 0.6 is 11.6 Å². The Morgan fingerprint density at radius 3 is 2.17 bits per heavy atom. The van der Waals surface area contributed by atoms with E-state index in [1.54, 1.807) is 0 Å². The average Bonchev–Trinajstić information content (AvgIpc) is 3.30. The topological polar surface area (TPSA) is 23.6 Å². The first-order valence-corrected chi connectivity index (χ1v) is 11.8. The number of aryl methyl sites for hydroxylation is 1. The number of hydrogen-bond acceptors (Lipinski definition) is 2. The quantitative estimate of drug-likeness (QED) is 0.600. The van der Waals surface area contributed by atoms with Crippen LogP contribution < -0.4 is 0 Å². The molecule has 2 aliphatic rings. The number of halogens is 1. The molecule has 30 heavy (non-hydrogen) atoms. The Morgan fingerprint density at radius 1 is 0.933 bits per heavy atom. The Hall–Kier alpha value is -1.84. The maximum Gasteiger partial charge on any atom is 0.227 e. The normalized spacial score (nSPS) is 18.6. The highest BCUT2D eigenvalue weighted by Gasteiger charge is 2.31. The van der Waals surface area contributed by atoms with Gasteiger partial charge in [0.25, 0.3) is 0 Å². The minimum absolute atomic E-state index is 0.220. The monoisotopic (exact) mass is 424 g/mol. The highest BCUT2D eigenvalue weighted by Crippen LogP contribution is 2.28. The zero-order chi connectivity index (χ0) is 20.9. The van der Waals surface area contributed by atoms with Crippen LogP contribution in [0.4, 0.5) is 0 Å². The summed E-state index contributed by atoms with van der Waals surface area (Å²) in [6.07, 6.45) is 8.06. The van der Waals surface area contributed by atoms with E-state index in [1.165, 1.54) is 36.8 Å². The van der Waals surface area contributed by atoms with Crippen molar-refractivity contribution in [2.45, 2.75) is 70.5 Å². The summed E-state index contributed by atoms with van der Waals surface area (Å²) < 4.78 is 0. The van der Waals surface area contributed by atoms with Crippen molar-refractivity contribution in [3.8, 4) is 0 Å². The van der Waals surface area contributed by atoms with E-state index in [0.717, 1.165) is 37.5 Å². The van der Waals surface area contributed by atoms with Crippen molar-refractivity contribution in [2.24, 2.45) is 0 Å². The number of likely N-dealkylation sites (tertiary alicyclic amines) is 1. The van der Waals surface area contributed by atoms with Gasteiger partial charge in [0.15, 0.2) is 0 Å². The molecule has 4 rings (SSSR count). The molecule has 3 nitrogen and oxygen atoms in total. The maximum atomic E-state index is 13.4. The SMILES string of the molecule is Cc1ccc(CN(C(=O)Cc2ccc(Cl)cc2)C2CCN(C3CCCC3)CC2)cc1. The van der Waals surface area contributed by atoms with Gasteiger partial charge in [-0.25, -0.2) is 0 Å². The molecule has 0 N–H and O–H groups in total. The van der Waals surface area contributed by atoms with E-state index in [4.69, 9.17) is 11.6 Å². The van der Waals surface area contributed by atoms with Crippen LogP contribution in [0.2, 0.25) is 5.02 Å². The molecule has 2 fully saturated rings. The van der Waals surface area contributed by atoms with Crippen LogP contribution in [0.15, 0.2) is 48.5 Å². The fourth-order valence-corrected chi connectivity index (χ4v) is 5.15. The number of amides is 1. The fourth-order valence-electron chi connectivity index (χ4n) is 5.02. The summed E-state index contributed by atoms with van der Waals surface area (Å²) >= 11 is 6.02. The van der Waals surface area contributed by atoms with E-state index in [1.807, 2.05) is 24.3 Å². The lowest BCUT2D eigenvalue weighted by molar-refractivity contribution is -0.134. The molecule has 1 saturated heterocycles. The Kier molecular flexibility index (Phi) is 7.12. The lowest BCUT2D eigenvalue weighted by Crippen LogP contribution is -2.49. The van der Waals surface area contributed by atoms with Gasteiger partial charge in [-0.05, 0) is 55.9 Å². The summed E-state index contributed by atoms with van der Waals surface area (Å²) in [6.45, 7) is 5.04. The van der Waals surface area contributed by atoms with E-state index in [0.29, 0.717) is 24.0 Å². The number of nitrogens with zero attached hydrogens (tertiary/aromatic N) is 2. The molecule has 2 aromatic carbocycles. The molecule has 2 aromatic rings. The van der Waals surface area contributed by atoms with Crippen molar-refractivity contribution < 1.29 is 4.79 Å². The standard InChI is InChI=1S/C26H33ClN2O/c1-20-6-8-22(9-7-20)19-29(26(30)18-21-10-12-23(27)13-11-21)25-14-16-28(17-15-25)24-4-2-3-5-24/h6-13,24-25H,2-5,14-19H2,1H3. The van der Waals surface area contributed by atoms with Gasteiger partial charge in [-0.15, -0.1) is 0 Å². The van der Waals surface area contributed by atoms with Gasteiger partial charge < -0.3 is 9.80 Å². The second-order valence-electron chi connectivity index (χ2n) is 9.02. The molecule has 0 aromatic heterocycles. The summed E-state index contributed by atoms with van der Waals surface area (Å²) in [4.78, 5) is 18.2. The molecule has 0 bridgehead atoms. The molecule has 0 spiro atoms. The molecule has 0 atom stereocenters. The molecule has 0 unspecified atom stereocenters. The summed E-state index contributed by atoms with van der Waals surface area (Å²) in [5.41, 5.74) is 3.49. The van der Waals surface area contributed by atoms with Gasteiger partial charge in [0.1, 0.15) is 0 Å². The molecule has 160 valence electrons. The first-order chi connectivity index (χ1) is 14.6. The van der Waals surface area contributed by atoms with Crippen LogP contribution in [0.3, 0.4) is 0 Å². The number of carbonyl (C=O) groups excluding carboxylic acids is 1. The zero-order valence-electron chi connectivity index (χ0n) is 18.0. The van der Waals surface area contributed by atoms with E-state index in [9.17, 15) is 4.79 Å². The third kappa shape index (κ3) is 5.44. The number of carbonyl (C=O) groups is 1. The average molecular weight is 425 g/mol. The van der Waals surface area contributed by atoms with Crippen LogP contribution in [-0.2, 0) is 17.8 Å². The second-order valence-corrected chi connectivity index (χ2v) is 9.45. The number of rotatable bonds is 6. The number of hydrogen-bond donors (Lipinski definition) is 0. The predicted molar refractivity (Wildman–Crippen MR) is 124 cm³/mol. The lowest BCUT2D eigenvalue weighted by atomic mass is 9.99. The molecular formula is C26H33ClN2O. The van der Waals surface area contributed by atoms with Gasteiger partial charge in [0.2, 0.25) is 5.91 Å². The van der Waals surface area contributed by atoms with Gasteiger partial charge in [-0.2, -0.15) is 0 Å². The largest absolute Gasteiger partial charge is 0.335 e. The van der Waals surface area contributed by atoms with E-state index in [-0.39, 0.29) is 5.91 Å². The van der Waals surface area contributed by atoms with Crippen LogP contribution in [0.25, 0.3) is 0 Å². The van der Waals surface area contributed by atoms with Crippen LogP contribution in [-0.4, -0.2) is 40.9 Å². The minimum Gasteiger partial charge on any atom is -0.335 e. The molecular weight excluding hydrogens is 392 g/mol. The van der Waals surface area contributed by atoms with Crippen LogP contribution in [0.5, 0.6) is 0 Å². The van der Waals surface area contributed by atoms with E-state index in [2.05, 4.69) is 41.0 Å². The molecule has 0 radical (unpaired) electrons. The lowest BCUT2D eigenvalue weighted by Gasteiger charge is -2.41. The van der Waals surface area contributed by atoms with Crippen LogP contribution in [0, 0.1) is 6.92 Å². The summed E-state index contributed by atoms with van der Waals surface area (Å²) in [6, 6.07) is 17.4. The number of benzene rings is 2. The van der Waals surface area contributed by atoms with Crippen molar-refractivity contribution in [2.75, 3.05) is 13.1 Å². The predicted octanol–water partition coefficient (Wildman–Crippen LogP) is 5.63. The third-order valence-corrected chi connectivity index (χ3v) is 7.10. The van der Waals surface area contributed by atoms with Gasteiger partial charge >= 0.3 is 0 Å². The van der Waals surface area contributed by atoms with Gasteiger partial charge in [0, 0.05) is 36.7 Å². The van der Waals surface area contributed by atoms with Crippen molar-refractivity contribution >= 4 is 17.5 Å². The highest BCUT2D eigenvalue weighted by molar-refractivity contribution is 6.30. The Bertz CT molecular complexity index is 819. The zero-order valence-corrected chi connectivity index (χ0v) is 18.8. The van der Waals surface area contributed by atoms with E-state index < -0.39 is 0 Å². The smallest absolute Gasteiger partial charge is 0.227 e. The molecule has 1 aliphatic carbocycles. The Morgan fingerprint density at radius 2 is 1.53 bits per heavy atom. The second kappa shape index (κ2) is 9.98. The first-order valence-electron chi connectivity index (χ1n) is 11.4. The van der Waals surface area contributed by atoms with Gasteiger partial charge in [-0.1, -0.05) is 66.4 Å². The minimum atomic E-state index is 0.220. The van der Waals surface area contributed by atoms with Crippen molar-refractivity contribution in [3.63, 3.8) is 0 Å². The molecule has 1 saturated carbocycles. The molecule has 1 heterocycles. The third-order valence-electron chi connectivity index (χ3n) is 6.84. The van der Waals surface area contributed by atoms with Gasteiger partial charge in [-0.3, -0.25) is 4.79 Å². The summed E-state index contributed by atoms with van der Waals surface area (Å²) in [5.74, 6) is 0.220. The molecule has 4 heteroatoms. The Labute approximate surface area is 186 Å².